The fraction of sp³-hybridized carbons (Fsp3) is 0.188. The summed E-state index contributed by atoms with van der Waals surface area (Å²) in [6, 6.07) is 10.5. The lowest BCUT2D eigenvalue weighted by Crippen LogP contribution is -2.03. The van der Waals surface area contributed by atoms with Crippen LogP contribution in [0.15, 0.2) is 36.4 Å². The number of halogens is 1. The molecule has 1 aliphatic rings. The number of fused-ring (bicyclic) bond motifs is 1. The first-order valence-electron chi connectivity index (χ1n) is 6.52. The van der Waals surface area contributed by atoms with E-state index in [2.05, 4.69) is 5.32 Å². The van der Waals surface area contributed by atoms with Crippen molar-refractivity contribution < 1.29 is 14.6 Å². The summed E-state index contributed by atoms with van der Waals surface area (Å²) in [4.78, 5) is 11.4. The van der Waals surface area contributed by atoms with Crippen molar-refractivity contribution in [3.05, 3.63) is 58.1 Å². The Hall–Kier alpha value is -2.04. The van der Waals surface area contributed by atoms with Gasteiger partial charge in [-0.25, -0.2) is 0 Å². The molecule has 1 unspecified atom stereocenters. The Labute approximate surface area is 127 Å². The van der Waals surface area contributed by atoms with Crippen LogP contribution in [0.2, 0.25) is 5.02 Å². The molecule has 2 aromatic carbocycles. The number of hydrogen-bond acceptors (Lipinski definition) is 3. The number of aliphatic hydroxyl groups is 1. The summed E-state index contributed by atoms with van der Waals surface area (Å²) in [5.74, 6) is 0.540. The molecule has 108 valence electrons. The van der Waals surface area contributed by atoms with Crippen LogP contribution in [0.4, 0.5) is 5.69 Å². The summed E-state index contributed by atoms with van der Waals surface area (Å²) in [6.45, 7) is 0. The smallest absolute Gasteiger partial charge is 0.228 e. The predicted octanol–water partition coefficient (Wildman–Crippen LogP) is 2.92. The van der Waals surface area contributed by atoms with Gasteiger partial charge in [0.2, 0.25) is 5.91 Å². The Kier molecular flexibility index (Phi) is 3.57. The van der Waals surface area contributed by atoms with Gasteiger partial charge in [-0.2, -0.15) is 0 Å². The number of carbonyl (C=O) groups is 1. The van der Waals surface area contributed by atoms with Crippen LogP contribution in [0.5, 0.6) is 5.75 Å². The van der Waals surface area contributed by atoms with Crippen LogP contribution < -0.4 is 10.1 Å². The quantitative estimate of drug-likeness (QED) is 0.916. The van der Waals surface area contributed by atoms with E-state index >= 15 is 0 Å². The van der Waals surface area contributed by atoms with Crippen LogP contribution in [-0.2, 0) is 11.2 Å². The maximum absolute atomic E-state index is 11.4. The molecule has 1 heterocycles. The molecule has 0 bridgehead atoms. The van der Waals surface area contributed by atoms with Crippen molar-refractivity contribution in [2.24, 2.45) is 0 Å². The van der Waals surface area contributed by atoms with Crippen LogP contribution in [0.3, 0.4) is 0 Å². The van der Waals surface area contributed by atoms with Gasteiger partial charge in [-0.3, -0.25) is 4.79 Å². The third kappa shape index (κ3) is 2.60. The topological polar surface area (TPSA) is 58.6 Å². The summed E-state index contributed by atoms with van der Waals surface area (Å²) in [5, 5.41) is 13.9. The van der Waals surface area contributed by atoms with Crippen molar-refractivity contribution in [1.29, 1.82) is 0 Å². The lowest BCUT2D eigenvalue weighted by atomic mass is 9.98. The molecule has 3 rings (SSSR count). The van der Waals surface area contributed by atoms with E-state index in [1.54, 1.807) is 37.4 Å². The lowest BCUT2D eigenvalue weighted by molar-refractivity contribution is -0.115. The fourth-order valence-electron chi connectivity index (χ4n) is 2.52. The highest BCUT2D eigenvalue weighted by atomic mass is 35.5. The largest absolute Gasteiger partial charge is 0.496 e. The van der Waals surface area contributed by atoms with Crippen LogP contribution in [0.1, 0.15) is 22.8 Å². The number of nitrogens with one attached hydrogen (secondary N) is 1. The summed E-state index contributed by atoms with van der Waals surface area (Å²) in [5.41, 5.74) is 2.99. The molecule has 5 heteroatoms. The first-order chi connectivity index (χ1) is 10.1. The maximum atomic E-state index is 11.4. The highest BCUT2D eigenvalue weighted by Gasteiger charge is 2.21. The highest BCUT2D eigenvalue weighted by molar-refractivity contribution is 6.30. The molecule has 21 heavy (non-hydrogen) atoms. The molecule has 1 amide bonds. The first kappa shape index (κ1) is 13.9. The first-order valence-corrected chi connectivity index (χ1v) is 6.90. The third-order valence-corrected chi connectivity index (χ3v) is 3.79. The van der Waals surface area contributed by atoms with Gasteiger partial charge in [-0.1, -0.05) is 23.7 Å². The lowest BCUT2D eigenvalue weighted by Gasteiger charge is -2.16. The average molecular weight is 304 g/mol. The number of amides is 1. The number of rotatable bonds is 3. The normalized spacial score (nSPS) is 14.5. The number of carbonyl (C=O) groups excluding carboxylic acids is 1. The van der Waals surface area contributed by atoms with Crippen LogP contribution in [0.25, 0.3) is 0 Å². The number of anilines is 1. The number of hydrogen-bond donors (Lipinski definition) is 2. The Morgan fingerprint density at radius 3 is 2.86 bits per heavy atom. The molecule has 0 saturated carbocycles. The molecule has 0 aliphatic carbocycles. The van der Waals surface area contributed by atoms with E-state index in [0.29, 0.717) is 28.3 Å². The molecule has 0 radical (unpaired) electrons. The predicted molar refractivity (Wildman–Crippen MR) is 80.8 cm³/mol. The second-order valence-corrected chi connectivity index (χ2v) is 5.37. The van der Waals surface area contributed by atoms with Crippen molar-refractivity contribution in [2.75, 3.05) is 12.4 Å². The summed E-state index contributed by atoms with van der Waals surface area (Å²) in [6.07, 6.45) is -0.526. The molecule has 2 N–H and O–H groups in total. The molecule has 4 nitrogen and oxygen atoms in total. The number of ether oxygens (including phenoxy) is 1. The zero-order valence-corrected chi connectivity index (χ0v) is 12.1. The minimum absolute atomic E-state index is 0.0306. The van der Waals surface area contributed by atoms with Gasteiger partial charge in [0.1, 0.15) is 11.9 Å². The Morgan fingerprint density at radius 2 is 2.10 bits per heavy atom. The second-order valence-electron chi connectivity index (χ2n) is 4.93. The monoisotopic (exact) mass is 303 g/mol. The van der Waals surface area contributed by atoms with Gasteiger partial charge in [0, 0.05) is 16.3 Å². The van der Waals surface area contributed by atoms with Gasteiger partial charge < -0.3 is 15.2 Å². The molecule has 1 atom stereocenters. The van der Waals surface area contributed by atoms with Gasteiger partial charge in [0.15, 0.2) is 0 Å². The number of methoxy groups -OCH3 is 1. The minimum atomic E-state index is -0.861. The summed E-state index contributed by atoms with van der Waals surface area (Å²) >= 11 is 6.00. The molecule has 1 aliphatic heterocycles. The van der Waals surface area contributed by atoms with E-state index < -0.39 is 6.10 Å². The molecule has 0 fully saturated rings. The van der Waals surface area contributed by atoms with E-state index in [1.807, 2.05) is 6.07 Å². The van der Waals surface area contributed by atoms with Crippen molar-refractivity contribution in [2.45, 2.75) is 12.5 Å². The molecule has 0 spiro atoms. The Balaban J connectivity index is 1.99. The average Bonchev–Trinajstić information content (AvgIpc) is 2.85. The van der Waals surface area contributed by atoms with E-state index in [4.69, 9.17) is 16.3 Å². The molecule has 0 saturated heterocycles. The van der Waals surface area contributed by atoms with Gasteiger partial charge in [-0.05, 0) is 35.4 Å². The van der Waals surface area contributed by atoms with Crippen LogP contribution >= 0.6 is 11.6 Å². The molecular weight excluding hydrogens is 290 g/mol. The third-order valence-electron chi connectivity index (χ3n) is 3.56. The van der Waals surface area contributed by atoms with Crippen molar-refractivity contribution >= 4 is 23.2 Å². The Morgan fingerprint density at radius 1 is 1.29 bits per heavy atom. The second kappa shape index (κ2) is 5.39. The van der Waals surface area contributed by atoms with E-state index in [0.717, 1.165) is 11.3 Å². The van der Waals surface area contributed by atoms with Crippen LogP contribution in [-0.4, -0.2) is 18.1 Å². The minimum Gasteiger partial charge on any atom is -0.496 e. The van der Waals surface area contributed by atoms with E-state index in [9.17, 15) is 9.90 Å². The molecule has 2 aromatic rings. The van der Waals surface area contributed by atoms with Gasteiger partial charge in [0.25, 0.3) is 0 Å². The maximum Gasteiger partial charge on any atom is 0.228 e. The fourth-order valence-corrected chi connectivity index (χ4v) is 2.70. The molecular formula is C16H14ClNO3. The Bertz CT molecular complexity index is 715. The number of aliphatic hydroxyl groups excluding tert-OH is 1. The SMILES string of the molecule is COc1ccc(Cl)cc1C(O)c1ccc2c(c1)CC(=O)N2. The van der Waals surface area contributed by atoms with Crippen LogP contribution in [0, 0.1) is 0 Å². The van der Waals surface area contributed by atoms with E-state index in [1.165, 1.54) is 0 Å². The zero-order chi connectivity index (χ0) is 15.0. The van der Waals surface area contributed by atoms with Gasteiger partial charge in [-0.15, -0.1) is 0 Å². The molecule has 0 aromatic heterocycles. The number of benzene rings is 2. The summed E-state index contributed by atoms with van der Waals surface area (Å²) < 4.78 is 5.27. The highest BCUT2D eigenvalue weighted by Crippen LogP contribution is 2.34. The van der Waals surface area contributed by atoms with Crippen molar-refractivity contribution in [3.63, 3.8) is 0 Å². The van der Waals surface area contributed by atoms with Gasteiger partial charge >= 0.3 is 0 Å². The van der Waals surface area contributed by atoms with Crippen molar-refractivity contribution in [3.8, 4) is 5.75 Å². The zero-order valence-electron chi connectivity index (χ0n) is 11.4. The standard InChI is InChI=1S/C16H14ClNO3/c1-21-14-5-3-11(17)8-12(14)16(20)9-2-4-13-10(6-9)7-15(19)18-13/h2-6,8,16,20H,7H2,1H3,(H,18,19). The van der Waals surface area contributed by atoms with Gasteiger partial charge in [0.05, 0.1) is 13.5 Å². The summed E-state index contributed by atoms with van der Waals surface area (Å²) in [7, 11) is 1.55. The van der Waals surface area contributed by atoms with Crippen molar-refractivity contribution in [1.82, 2.24) is 0 Å². The van der Waals surface area contributed by atoms with E-state index in [-0.39, 0.29) is 5.91 Å².